The second-order valence-electron chi connectivity index (χ2n) is 21.2. The minimum Gasteiger partial charge on any atom is -0.311 e. The molecule has 0 aliphatic heterocycles. The van der Waals surface area contributed by atoms with E-state index in [1.54, 1.807) is 0 Å². The molecule has 0 amide bonds. The predicted molar refractivity (Wildman–Crippen MR) is 327 cm³/mol. The Morgan fingerprint density at radius 2 is 0.603 bits per heavy atom. The Balaban J connectivity index is 0.954. The molecule has 2 aliphatic rings. The largest absolute Gasteiger partial charge is 0.311 e. The SMILES string of the molecule is CC1(C)c2ccccc2-c2ccc(N(c3ccc4c(c3)C(c3ccccc3)(c3ccccc3-c3ccc(N(c5ccccc5)c5ccc(-c6ccccc6)cc5)cc3)c3ccccc3-4)c3ccccc3-c3ccccc3)cc21. The normalized spacial score (nSPS) is 14.4. The van der Waals surface area contributed by atoms with Gasteiger partial charge in [-0.2, -0.15) is 0 Å². The van der Waals surface area contributed by atoms with Crippen LogP contribution in [0.4, 0.5) is 34.1 Å². The molecule has 1 unspecified atom stereocenters. The summed E-state index contributed by atoms with van der Waals surface area (Å²) >= 11 is 0. The van der Waals surface area contributed by atoms with Crippen molar-refractivity contribution >= 4 is 34.1 Å². The number of anilines is 6. The Morgan fingerprint density at radius 3 is 1.22 bits per heavy atom. The van der Waals surface area contributed by atoms with Gasteiger partial charge in [-0.3, -0.25) is 0 Å². The van der Waals surface area contributed by atoms with Crippen molar-refractivity contribution < 1.29 is 0 Å². The van der Waals surface area contributed by atoms with Gasteiger partial charge in [0.15, 0.2) is 0 Å². The summed E-state index contributed by atoms with van der Waals surface area (Å²) in [6, 6.07) is 112. The number of para-hydroxylation sites is 2. The van der Waals surface area contributed by atoms with Crippen LogP contribution in [0.1, 0.15) is 47.2 Å². The molecule has 12 aromatic rings. The van der Waals surface area contributed by atoms with Crippen molar-refractivity contribution in [1.82, 2.24) is 0 Å². The van der Waals surface area contributed by atoms with Crippen molar-refractivity contribution in [2.75, 3.05) is 9.80 Å². The van der Waals surface area contributed by atoms with Crippen LogP contribution >= 0.6 is 0 Å². The van der Waals surface area contributed by atoms with Gasteiger partial charge in [-0.25, -0.2) is 0 Å². The van der Waals surface area contributed by atoms with Crippen LogP contribution in [0.25, 0.3) is 55.6 Å². The predicted octanol–water partition coefficient (Wildman–Crippen LogP) is 20.3. The van der Waals surface area contributed by atoms with Gasteiger partial charge in [-0.1, -0.05) is 250 Å². The Labute approximate surface area is 458 Å². The first-order valence-electron chi connectivity index (χ1n) is 27.2. The molecule has 0 saturated heterocycles. The molecule has 370 valence electrons. The van der Waals surface area contributed by atoms with E-state index in [0.717, 1.165) is 39.7 Å². The third-order valence-corrected chi connectivity index (χ3v) is 16.6. The van der Waals surface area contributed by atoms with Crippen LogP contribution in [0.2, 0.25) is 0 Å². The van der Waals surface area contributed by atoms with Crippen LogP contribution in [0.3, 0.4) is 0 Å². The summed E-state index contributed by atoms with van der Waals surface area (Å²) in [5.41, 5.74) is 25.6. The molecule has 0 heterocycles. The molecular formula is C76H56N2. The summed E-state index contributed by atoms with van der Waals surface area (Å²) in [5.74, 6) is 0. The van der Waals surface area contributed by atoms with E-state index in [4.69, 9.17) is 0 Å². The molecular weight excluding hydrogens is 941 g/mol. The number of nitrogens with zero attached hydrogens (tertiary/aromatic N) is 2. The van der Waals surface area contributed by atoms with Crippen LogP contribution in [-0.4, -0.2) is 0 Å². The topological polar surface area (TPSA) is 6.48 Å². The van der Waals surface area contributed by atoms with Gasteiger partial charge >= 0.3 is 0 Å². The van der Waals surface area contributed by atoms with E-state index in [0.29, 0.717) is 0 Å². The second kappa shape index (κ2) is 19.1. The van der Waals surface area contributed by atoms with Gasteiger partial charge in [0.1, 0.15) is 0 Å². The molecule has 12 aromatic carbocycles. The highest BCUT2D eigenvalue weighted by atomic mass is 15.1. The zero-order chi connectivity index (χ0) is 52.2. The minimum absolute atomic E-state index is 0.176. The standard InChI is InChI=1S/C76H56N2/c1-75(2)69-35-19-16-33-65(69)67-49-47-61(51-72(67)75)78(74-38-22-18-32-64(74)55-25-9-4-10-26-55)62-48-50-68-66-34-17-21-37-71(66)76(73(68)52-62,57-27-11-5-12-28-57)70-36-20-15-31-63(70)56-41-45-60(46-42-56)77(58-29-13-6-14-30-58)59-43-39-54(40-44-59)53-23-7-3-8-24-53/h3-52H,1-2H3. The molecule has 0 radical (unpaired) electrons. The Kier molecular flexibility index (Phi) is 11.5. The van der Waals surface area contributed by atoms with Crippen molar-refractivity contribution in [3.05, 3.63) is 337 Å². The summed E-state index contributed by atoms with van der Waals surface area (Å²) < 4.78 is 0. The maximum absolute atomic E-state index is 2.51. The van der Waals surface area contributed by atoms with E-state index in [1.165, 1.54) is 83.5 Å². The zero-order valence-electron chi connectivity index (χ0n) is 43.8. The van der Waals surface area contributed by atoms with Crippen molar-refractivity contribution in [3.8, 4) is 55.6 Å². The van der Waals surface area contributed by atoms with Gasteiger partial charge in [0.2, 0.25) is 0 Å². The van der Waals surface area contributed by atoms with Crippen LogP contribution < -0.4 is 9.80 Å². The van der Waals surface area contributed by atoms with E-state index >= 15 is 0 Å². The van der Waals surface area contributed by atoms with E-state index in [2.05, 4.69) is 327 Å². The van der Waals surface area contributed by atoms with Crippen molar-refractivity contribution in [3.63, 3.8) is 0 Å². The molecule has 78 heavy (non-hydrogen) atoms. The Morgan fingerprint density at radius 1 is 0.231 bits per heavy atom. The number of hydrogen-bond donors (Lipinski definition) is 0. The highest BCUT2D eigenvalue weighted by molar-refractivity contribution is 5.95. The average molecular weight is 997 g/mol. The van der Waals surface area contributed by atoms with Crippen LogP contribution in [0.15, 0.2) is 303 Å². The third-order valence-electron chi connectivity index (χ3n) is 16.6. The molecule has 2 nitrogen and oxygen atoms in total. The summed E-state index contributed by atoms with van der Waals surface area (Å²) in [4.78, 5) is 4.86. The molecule has 0 bridgehead atoms. The number of fused-ring (bicyclic) bond motifs is 6. The van der Waals surface area contributed by atoms with Gasteiger partial charge in [-0.15, -0.1) is 0 Å². The highest BCUT2D eigenvalue weighted by Gasteiger charge is 2.48. The fourth-order valence-corrected chi connectivity index (χ4v) is 13.0. The fraction of sp³-hybridized carbons (Fsp3) is 0.0526. The van der Waals surface area contributed by atoms with Crippen LogP contribution in [-0.2, 0) is 10.8 Å². The maximum atomic E-state index is 2.51. The molecule has 2 aliphatic carbocycles. The van der Waals surface area contributed by atoms with Gasteiger partial charge in [0.05, 0.1) is 11.1 Å². The molecule has 14 rings (SSSR count). The first kappa shape index (κ1) is 46.7. The lowest BCUT2D eigenvalue weighted by Gasteiger charge is -2.36. The summed E-state index contributed by atoms with van der Waals surface area (Å²) in [6.45, 7) is 4.75. The zero-order valence-corrected chi connectivity index (χ0v) is 43.8. The smallest absolute Gasteiger partial charge is 0.0720 e. The van der Waals surface area contributed by atoms with E-state index < -0.39 is 5.41 Å². The highest BCUT2D eigenvalue weighted by Crippen LogP contribution is 2.60. The van der Waals surface area contributed by atoms with E-state index in [1.807, 2.05) is 0 Å². The van der Waals surface area contributed by atoms with Gasteiger partial charge in [-0.05, 0) is 150 Å². The van der Waals surface area contributed by atoms with Crippen molar-refractivity contribution in [2.45, 2.75) is 24.7 Å². The second-order valence-corrected chi connectivity index (χ2v) is 21.2. The molecule has 0 saturated carbocycles. The molecule has 0 spiro atoms. The summed E-state index contributed by atoms with van der Waals surface area (Å²) in [5, 5.41) is 0. The van der Waals surface area contributed by atoms with E-state index in [-0.39, 0.29) is 5.41 Å². The molecule has 2 heteroatoms. The van der Waals surface area contributed by atoms with Gasteiger partial charge in [0, 0.05) is 39.4 Å². The quantitative estimate of drug-likeness (QED) is 0.127. The third kappa shape index (κ3) is 7.63. The van der Waals surface area contributed by atoms with Crippen molar-refractivity contribution in [1.29, 1.82) is 0 Å². The van der Waals surface area contributed by atoms with Gasteiger partial charge in [0.25, 0.3) is 0 Å². The lowest BCUT2D eigenvalue weighted by Crippen LogP contribution is -2.29. The first-order chi connectivity index (χ1) is 38.5. The van der Waals surface area contributed by atoms with Crippen LogP contribution in [0, 0.1) is 0 Å². The summed E-state index contributed by atoms with van der Waals surface area (Å²) in [7, 11) is 0. The molecule has 1 atom stereocenters. The molecule has 0 aromatic heterocycles. The Hall–Kier alpha value is -9.76. The van der Waals surface area contributed by atoms with E-state index in [9.17, 15) is 0 Å². The average Bonchev–Trinajstić information content (AvgIpc) is 4.01. The lowest BCUT2D eigenvalue weighted by atomic mass is 9.66. The fourth-order valence-electron chi connectivity index (χ4n) is 13.0. The number of benzene rings is 12. The van der Waals surface area contributed by atoms with Crippen LogP contribution in [0.5, 0.6) is 0 Å². The lowest BCUT2D eigenvalue weighted by molar-refractivity contribution is 0.660. The van der Waals surface area contributed by atoms with Crippen molar-refractivity contribution in [2.24, 2.45) is 0 Å². The molecule has 0 N–H and O–H groups in total. The number of hydrogen-bond acceptors (Lipinski definition) is 2. The molecule has 0 fully saturated rings. The summed E-state index contributed by atoms with van der Waals surface area (Å²) in [6.07, 6.45) is 0. The minimum atomic E-state index is -0.693. The maximum Gasteiger partial charge on any atom is 0.0720 e. The first-order valence-corrected chi connectivity index (χ1v) is 27.2. The number of rotatable bonds is 11. The monoisotopic (exact) mass is 996 g/mol. The Bertz CT molecular complexity index is 4150. The van der Waals surface area contributed by atoms with Gasteiger partial charge < -0.3 is 9.80 Å².